The number of rotatable bonds is 2. The molecule has 0 radical (unpaired) electrons. The smallest absolute Gasteiger partial charge is 0.173 e. The van der Waals surface area contributed by atoms with Gasteiger partial charge in [0.1, 0.15) is 0 Å². The highest BCUT2D eigenvalue weighted by Crippen LogP contribution is 2.21. The van der Waals surface area contributed by atoms with Crippen LogP contribution in [0.4, 0.5) is 5.82 Å². The van der Waals surface area contributed by atoms with Gasteiger partial charge in [0.2, 0.25) is 0 Å². The van der Waals surface area contributed by atoms with E-state index in [1.54, 1.807) is 28.7 Å². The molecule has 0 aliphatic carbocycles. The first kappa shape index (κ1) is 14.9. The molecule has 1 aliphatic heterocycles. The first-order valence-corrected chi connectivity index (χ1v) is 7.39. The van der Waals surface area contributed by atoms with Gasteiger partial charge in [-0.05, 0) is 25.1 Å². The Hall–Kier alpha value is -0.480. The van der Waals surface area contributed by atoms with Crippen molar-refractivity contribution in [2.24, 2.45) is 0 Å². The van der Waals surface area contributed by atoms with Crippen LogP contribution in [0.15, 0.2) is 18.6 Å². The number of anilines is 1. The van der Waals surface area contributed by atoms with Crippen LogP contribution in [0, 0.1) is 0 Å². The summed E-state index contributed by atoms with van der Waals surface area (Å²) in [6.45, 7) is 1.79. The van der Waals surface area contributed by atoms with Gasteiger partial charge in [-0.2, -0.15) is 10.1 Å². The molecule has 0 saturated carbocycles. The molecule has 0 unspecified atom stereocenters. The van der Waals surface area contributed by atoms with Crippen LogP contribution in [0.1, 0.15) is 12.8 Å². The first-order chi connectivity index (χ1) is 9.11. The van der Waals surface area contributed by atoms with Crippen molar-refractivity contribution in [2.75, 3.05) is 18.1 Å². The molecule has 0 N–H and O–H groups in total. The minimum Gasteiger partial charge on any atom is -0.259 e. The number of thiocarbonyl (C=S) groups is 2. The van der Waals surface area contributed by atoms with Gasteiger partial charge < -0.3 is 0 Å². The minimum absolute atomic E-state index is 0.337. The van der Waals surface area contributed by atoms with Crippen LogP contribution in [0.2, 0.25) is 0 Å². The van der Waals surface area contributed by atoms with E-state index in [4.69, 9.17) is 24.4 Å². The Morgan fingerprint density at radius 2 is 1.84 bits per heavy atom. The van der Waals surface area contributed by atoms with Crippen molar-refractivity contribution >= 4 is 64.2 Å². The van der Waals surface area contributed by atoms with Crippen LogP contribution in [0.25, 0.3) is 0 Å². The molecule has 5 nitrogen and oxygen atoms in total. The molecule has 0 aromatic carbocycles. The third-order valence-electron chi connectivity index (χ3n) is 2.66. The molecule has 0 bridgehead atoms. The third kappa shape index (κ3) is 3.54. The zero-order valence-corrected chi connectivity index (χ0v) is 13.4. The van der Waals surface area contributed by atoms with Crippen molar-refractivity contribution < 1.29 is 0 Å². The maximum absolute atomic E-state index is 5.21. The minimum atomic E-state index is 0.337. The lowest BCUT2D eigenvalue weighted by atomic mass is 10.4. The van der Waals surface area contributed by atoms with E-state index < -0.39 is 0 Å². The van der Waals surface area contributed by atoms with E-state index in [-0.39, 0.29) is 0 Å². The molecule has 0 spiro atoms. The van der Waals surface area contributed by atoms with Crippen LogP contribution in [-0.4, -0.2) is 41.8 Å². The average Bonchev–Trinajstić information content (AvgIpc) is 2.89. The Morgan fingerprint density at radius 1 is 1.16 bits per heavy atom. The normalized spacial score (nSPS) is 15.3. The fourth-order valence-electron chi connectivity index (χ4n) is 1.90. The van der Waals surface area contributed by atoms with Crippen molar-refractivity contribution in [1.29, 1.82) is 0 Å². The number of aromatic nitrogens is 2. The van der Waals surface area contributed by atoms with E-state index in [9.17, 15) is 0 Å². The predicted molar refractivity (Wildman–Crippen MR) is 90.3 cm³/mol. The summed E-state index contributed by atoms with van der Waals surface area (Å²) in [5.74, 6) is 0.561. The van der Waals surface area contributed by atoms with E-state index in [1.807, 2.05) is 0 Å². The summed E-state index contributed by atoms with van der Waals surface area (Å²) in [6.07, 6.45) is 7.03. The van der Waals surface area contributed by atoms with Gasteiger partial charge in [-0.25, -0.2) is 9.99 Å². The molecular formula is C10H13N5S4. The fourth-order valence-corrected chi connectivity index (χ4v) is 2.67. The van der Waals surface area contributed by atoms with Gasteiger partial charge in [-0.15, -0.1) is 25.3 Å². The quantitative estimate of drug-likeness (QED) is 0.487. The Balaban J connectivity index is 2.35. The van der Waals surface area contributed by atoms with Crippen molar-refractivity contribution in [3.8, 4) is 0 Å². The van der Waals surface area contributed by atoms with Crippen LogP contribution < -0.4 is 5.01 Å². The maximum atomic E-state index is 5.21. The second kappa shape index (κ2) is 6.80. The Labute approximate surface area is 133 Å². The third-order valence-corrected chi connectivity index (χ3v) is 3.36. The first-order valence-electron chi connectivity index (χ1n) is 5.68. The van der Waals surface area contributed by atoms with Crippen molar-refractivity contribution in [3.63, 3.8) is 0 Å². The van der Waals surface area contributed by atoms with Crippen molar-refractivity contribution in [3.05, 3.63) is 18.6 Å². The van der Waals surface area contributed by atoms with Gasteiger partial charge >= 0.3 is 0 Å². The number of nitrogens with zero attached hydrogens (tertiary/aromatic N) is 5. The van der Waals surface area contributed by atoms with E-state index in [0.29, 0.717) is 14.5 Å². The van der Waals surface area contributed by atoms with E-state index >= 15 is 0 Å². The summed E-state index contributed by atoms with van der Waals surface area (Å²) in [7, 11) is 0. The van der Waals surface area contributed by atoms with Gasteiger partial charge in [0.15, 0.2) is 14.5 Å². The summed E-state index contributed by atoms with van der Waals surface area (Å²) in [5, 5.41) is 5.43. The molecule has 1 aromatic rings. The van der Waals surface area contributed by atoms with Crippen molar-refractivity contribution in [1.82, 2.24) is 20.1 Å². The van der Waals surface area contributed by atoms with Gasteiger partial charge in [0.05, 0.1) is 6.20 Å². The van der Waals surface area contributed by atoms with Gasteiger partial charge in [0.25, 0.3) is 0 Å². The van der Waals surface area contributed by atoms with E-state index in [2.05, 4.69) is 40.2 Å². The van der Waals surface area contributed by atoms with Gasteiger partial charge in [-0.3, -0.25) is 4.98 Å². The van der Waals surface area contributed by atoms with E-state index in [1.165, 1.54) is 0 Å². The van der Waals surface area contributed by atoms with Gasteiger partial charge in [-0.1, -0.05) is 12.2 Å². The van der Waals surface area contributed by atoms with Crippen LogP contribution in [0.3, 0.4) is 0 Å². The molecule has 1 aromatic heterocycles. The van der Waals surface area contributed by atoms with E-state index in [0.717, 1.165) is 25.9 Å². The molecule has 19 heavy (non-hydrogen) atoms. The number of hydrogen-bond acceptors (Lipinski definition) is 5. The average molecular weight is 332 g/mol. The standard InChI is InChI=1S/C10H13N5S4/c16-9(17)14(8-7-11-3-4-12-8)15(10(18)19)13-5-1-2-6-13/h3-4,7H,1-2,5-6H2,(H,16,17)(H,18,19). The fraction of sp³-hybridized carbons (Fsp3) is 0.400. The summed E-state index contributed by atoms with van der Waals surface area (Å²) < 4.78 is 0.729. The summed E-state index contributed by atoms with van der Waals surface area (Å²) in [5.41, 5.74) is 0. The molecule has 2 rings (SSSR count). The zero-order chi connectivity index (χ0) is 13.8. The topological polar surface area (TPSA) is 35.5 Å². The summed E-state index contributed by atoms with van der Waals surface area (Å²) >= 11 is 18.9. The van der Waals surface area contributed by atoms with Crippen molar-refractivity contribution in [2.45, 2.75) is 12.8 Å². The highest BCUT2D eigenvalue weighted by Gasteiger charge is 2.29. The van der Waals surface area contributed by atoms with Crippen LogP contribution >= 0.6 is 49.7 Å². The number of hydrogen-bond donors (Lipinski definition) is 2. The SMILES string of the molecule is S=C(S)N(c1cnccn1)N(C(=S)S)N1CCCC1. The summed E-state index contributed by atoms with van der Waals surface area (Å²) in [4.78, 5) is 8.29. The number of thiol groups is 2. The summed E-state index contributed by atoms with van der Waals surface area (Å²) in [6, 6.07) is 0. The molecule has 1 aliphatic rings. The lowest BCUT2D eigenvalue weighted by Crippen LogP contribution is -2.55. The second-order valence-electron chi connectivity index (χ2n) is 3.89. The maximum Gasteiger partial charge on any atom is 0.173 e. The van der Waals surface area contributed by atoms with Crippen LogP contribution in [0.5, 0.6) is 0 Å². The Kier molecular flexibility index (Phi) is 5.34. The molecule has 102 valence electrons. The second-order valence-corrected chi connectivity index (χ2v) is 6.12. The number of hydrazine groups is 2. The van der Waals surface area contributed by atoms with Crippen LogP contribution in [-0.2, 0) is 0 Å². The zero-order valence-electron chi connectivity index (χ0n) is 10.0. The lowest BCUT2D eigenvalue weighted by molar-refractivity contribution is 0.0850. The molecule has 2 heterocycles. The molecular weight excluding hydrogens is 318 g/mol. The van der Waals surface area contributed by atoms with Gasteiger partial charge in [0, 0.05) is 25.5 Å². The Bertz CT molecular complexity index is 462. The molecule has 0 atom stereocenters. The Morgan fingerprint density at radius 3 is 2.32 bits per heavy atom. The molecule has 0 amide bonds. The monoisotopic (exact) mass is 331 g/mol. The highest BCUT2D eigenvalue weighted by atomic mass is 32.1. The highest BCUT2D eigenvalue weighted by molar-refractivity contribution is 8.12. The largest absolute Gasteiger partial charge is 0.259 e. The lowest BCUT2D eigenvalue weighted by Gasteiger charge is -2.39. The molecule has 1 saturated heterocycles. The molecule has 9 heteroatoms. The molecule has 1 fully saturated rings. The predicted octanol–water partition coefficient (Wildman–Crippen LogP) is 1.94.